The van der Waals surface area contributed by atoms with Crippen molar-refractivity contribution >= 4 is 55.9 Å². The van der Waals surface area contributed by atoms with Gasteiger partial charge >= 0.3 is 5.97 Å². The first-order valence-electron chi connectivity index (χ1n) is 10.1. The molecule has 2 aliphatic rings. The fourth-order valence-corrected chi connectivity index (χ4v) is 7.88. The van der Waals surface area contributed by atoms with Crippen molar-refractivity contribution < 1.29 is 27.9 Å². The maximum absolute atomic E-state index is 12.3. The van der Waals surface area contributed by atoms with Crippen LogP contribution in [0.4, 0.5) is 5.69 Å². The molecule has 4 rings (SSSR count). The molecular formula is C22H21ClN2O6S2. The summed E-state index contributed by atoms with van der Waals surface area (Å²) in [4.78, 5) is 29.0. The van der Waals surface area contributed by atoms with Crippen LogP contribution in [0.15, 0.2) is 47.5 Å². The molecule has 2 aliphatic heterocycles. The van der Waals surface area contributed by atoms with E-state index in [9.17, 15) is 18.0 Å². The molecule has 0 bridgehead atoms. The lowest BCUT2D eigenvalue weighted by Crippen LogP contribution is -2.38. The zero-order valence-electron chi connectivity index (χ0n) is 17.6. The maximum Gasteiger partial charge on any atom is 0.303 e. The van der Waals surface area contributed by atoms with E-state index in [0.717, 1.165) is 5.56 Å². The van der Waals surface area contributed by atoms with Gasteiger partial charge in [-0.2, -0.15) is 4.99 Å². The number of aryl methyl sites for hydroxylation is 1. The number of hydrogen-bond acceptors (Lipinski definition) is 6. The highest BCUT2D eigenvalue weighted by molar-refractivity contribution is 8.16. The van der Waals surface area contributed by atoms with Crippen molar-refractivity contribution in [2.24, 2.45) is 4.99 Å². The van der Waals surface area contributed by atoms with Crippen LogP contribution in [0, 0.1) is 6.92 Å². The van der Waals surface area contributed by atoms with E-state index < -0.39 is 27.8 Å². The highest BCUT2D eigenvalue weighted by Crippen LogP contribution is 2.45. The number of fused-ring (bicyclic) bond motifs is 1. The molecule has 1 N–H and O–H groups in total. The molecule has 2 atom stereocenters. The smallest absolute Gasteiger partial charge is 0.303 e. The molecule has 174 valence electrons. The molecular weight excluding hydrogens is 488 g/mol. The summed E-state index contributed by atoms with van der Waals surface area (Å²) >= 11 is 7.48. The van der Waals surface area contributed by atoms with Crippen molar-refractivity contribution in [3.8, 4) is 11.5 Å². The van der Waals surface area contributed by atoms with Gasteiger partial charge in [0.05, 0.1) is 29.7 Å². The third kappa shape index (κ3) is 5.51. The number of benzene rings is 2. The number of nitrogens with zero attached hydrogens (tertiary/aromatic N) is 2. The van der Waals surface area contributed by atoms with E-state index in [1.54, 1.807) is 29.2 Å². The summed E-state index contributed by atoms with van der Waals surface area (Å²) in [5.41, 5.74) is 1.50. The number of carboxylic acid groups (broad SMARTS) is 1. The van der Waals surface area contributed by atoms with Crippen molar-refractivity contribution in [3.63, 3.8) is 0 Å². The van der Waals surface area contributed by atoms with E-state index >= 15 is 0 Å². The van der Waals surface area contributed by atoms with E-state index in [-0.39, 0.29) is 29.6 Å². The molecule has 2 fully saturated rings. The molecule has 11 heteroatoms. The number of thioether (sulfide) groups is 1. The first-order valence-corrected chi connectivity index (χ1v) is 13.2. The SMILES string of the molecule is Cc1cccc(Oc2ccc(Cl)cc2N2C(=NC(=O)CCC(=O)O)S[C@H]3CS(=O)(=O)C[C@@H]32)c1. The Morgan fingerprint density at radius 1 is 1.21 bits per heavy atom. The van der Waals surface area contributed by atoms with Crippen molar-refractivity contribution in [1.29, 1.82) is 0 Å². The van der Waals surface area contributed by atoms with Crippen LogP contribution in [0.3, 0.4) is 0 Å². The summed E-state index contributed by atoms with van der Waals surface area (Å²) in [7, 11) is -3.26. The van der Waals surface area contributed by atoms with Crippen LogP contribution in [0.25, 0.3) is 0 Å². The summed E-state index contributed by atoms with van der Waals surface area (Å²) in [5.74, 6) is -0.778. The lowest BCUT2D eigenvalue weighted by atomic mass is 10.2. The van der Waals surface area contributed by atoms with Crippen LogP contribution < -0.4 is 9.64 Å². The number of carbonyl (C=O) groups is 2. The largest absolute Gasteiger partial charge is 0.481 e. The predicted molar refractivity (Wildman–Crippen MR) is 128 cm³/mol. The molecule has 8 nitrogen and oxygen atoms in total. The summed E-state index contributed by atoms with van der Waals surface area (Å²) in [5, 5.41) is 9.26. The van der Waals surface area contributed by atoms with Gasteiger partial charge in [-0.3, -0.25) is 9.59 Å². The zero-order valence-corrected chi connectivity index (χ0v) is 20.0. The monoisotopic (exact) mass is 508 g/mol. The number of aliphatic imine (C=N–C) groups is 1. The average molecular weight is 509 g/mol. The Hall–Kier alpha value is -2.56. The molecule has 0 aliphatic carbocycles. The Morgan fingerprint density at radius 3 is 2.73 bits per heavy atom. The zero-order chi connectivity index (χ0) is 23.8. The van der Waals surface area contributed by atoms with E-state index in [0.29, 0.717) is 27.4 Å². The van der Waals surface area contributed by atoms with E-state index in [1.165, 1.54) is 11.8 Å². The highest BCUT2D eigenvalue weighted by Gasteiger charge is 2.50. The second kappa shape index (κ2) is 9.36. The summed E-state index contributed by atoms with van der Waals surface area (Å²) < 4.78 is 30.8. The van der Waals surface area contributed by atoms with Gasteiger partial charge in [-0.15, -0.1) is 0 Å². The first kappa shape index (κ1) is 23.6. The number of carbonyl (C=O) groups excluding carboxylic acids is 1. The Labute approximate surface area is 200 Å². The first-order chi connectivity index (χ1) is 15.6. The van der Waals surface area contributed by atoms with Gasteiger partial charge in [0.2, 0.25) is 5.91 Å². The Kier molecular flexibility index (Phi) is 6.69. The minimum atomic E-state index is -3.26. The van der Waals surface area contributed by atoms with Crippen molar-refractivity contribution in [2.45, 2.75) is 31.1 Å². The van der Waals surface area contributed by atoms with Crippen LogP contribution in [-0.4, -0.2) is 53.4 Å². The summed E-state index contributed by atoms with van der Waals surface area (Å²) in [6, 6.07) is 12.0. The number of carboxylic acids is 1. The molecule has 0 spiro atoms. The van der Waals surface area contributed by atoms with Crippen LogP contribution in [0.2, 0.25) is 5.02 Å². The fraction of sp³-hybridized carbons (Fsp3) is 0.318. The van der Waals surface area contributed by atoms with Crippen LogP contribution in [0.1, 0.15) is 18.4 Å². The highest BCUT2D eigenvalue weighted by atomic mass is 35.5. The quantitative estimate of drug-likeness (QED) is 0.624. The molecule has 1 amide bonds. The fourth-order valence-electron chi connectivity index (χ4n) is 3.79. The second-order valence-electron chi connectivity index (χ2n) is 7.88. The number of anilines is 1. The van der Waals surface area contributed by atoms with Gasteiger partial charge in [-0.25, -0.2) is 8.42 Å². The Balaban J connectivity index is 1.74. The van der Waals surface area contributed by atoms with Crippen molar-refractivity contribution in [3.05, 3.63) is 53.1 Å². The van der Waals surface area contributed by atoms with Crippen LogP contribution in [-0.2, 0) is 19.4 Å². The van der Waals surface area contributed by atoms with Crippen LogP contribution >= 0.6 is 23.4 Å². The molecule has 0 aromatic heterocycles. The Morgan fingerprint density at radius 2 is 2.00 bits per heavy atom. The third-order valence-electron chi connectivity index (χ3n) is 5.24. The normalized spacial score (nSPS) is 22.4. The second-order valence-corrected chi connectivity index (χ2v) is 11.7. The number of hydrogen-bond donors (Lipinski definition) is 1. The molecule has 0 radical (unpaired) electrons. The number of halogens is 1. The van der Waals surface area contributed by atoms with Crippen molar-refractivity contribution in [2.75, 3.05) is 16.4 Å². The molecule has 2 heterocycles. The molecule has 33 heavy (non-hydrogen) atoms. The number of aliphatic carboxylic acids is 1. The van der Waals surface area contributed by atoms with E-state index in [2.05, 4.69) is 4.99 Å². The number of amidine groups is 1. The minimum Gasteiger partial charge on any atom is -0.481 e. The summed E-state index contributed by atoms with van der Waals surface area (Å²) in [6.45, 7) is 1.94. The van der Waals surface area contributed by atoms with Gasteiger partial charge in [0.15, 0.2) is 20.8 Å². The van der Waals surface area contributed by atoms with Gasteiger partial charge in [0, 0.05) is 16.7 Å². The average Bonchev–Trinajstić information content (AvgIpc) is 3.18. The van der Waals surface area contributed by atoms with Gasteiger partial charge in [0.25, 0.3) is 0 Å². The number of ether oxygens (including phenoxy) is 1. The third-order valence-corrected chi connectivity index (χ3v) is 8.68. The Bertz CT molecular complexity index is 1250. The number of amides is 1. The van der Waals surface area contributed by atoms with Gasteiger partial charge in [-0.1, -0.05) is 35.5 Å². The lowest BCUT2D eigenvalue weighted by molar-refractivity contribution is -0.138. The molecule has 0 unspecified atom stereocenters. The van der Waals surface area contributed by atoms with E-state index in [4.69, 9.17) is 21.4 Å². The molecule has 2 aromatic rings. The van der Waals surface area contributed by atoms with Crippen molar-refractivity contribution in [1.82, 2.24) is 0 Å². The number of rotatable bonds is 6. The maximum atomic E-state index is 12.3. The minimum absolute atomic E-state index is 0.0319. The molecule has 0 saturated carbocycles. The van der Waals surface area contributed by atoms with Gasteiger partial charge in [-0.05, 0) is 42.8 Å². The van der Waals surface area contributed by atoms with Crippen LogP contribution in [0.5, 0.6) is 11.5 Å². The van der Waals surface area contributed by atoms with Gasteiger partial charge < -0.3 is 14.7 Å². The van der Waals surface area contributed by atoms with Gasteiger partial charge in [0.1, 0.15) is 5.75 Å². The summed E-state index contributed by atoms with van der Waals surface area (Å²) in [6.07, 6.45) is -0.580. The molecule has 2 saturated heterocycles. The number of sulfone groups is 1. The lowest BCUT2D eigenvalue weighted by Gasteiger charge is -2.26. The predicted octanol–water partition coefficient (Wildman–Crippen LogP) is 3.91. The molecule has 2 aromatic carbocycles. The standard InChI is InChI=1S/C22H21ClN2O6S2/c1-13-3-2-4-15(9-13)31-18-6-5-14(23)10-16(18)25-17-11-33(29,30)12-19(17)32-22(25)24-20(26)7-8-21(27)28/h2-6,9-10,17,19H,7-8,11-12H2,1H3,(H,27,28)/t17-,19-/m0/s1. The topological polar surface area (TPSA) is 113 Å². The van der Waals surface area contributed by atoms with E-state index in [1.807, 2.05) is 25.1 Å².